The van der Waals surface area contributed by atoms with Gasteiger partial charge in [-0.3, -0.25) is 0 Å². The number of hydrogen-bond acceptors (Lipinski definition) is 4. The van der Waals surface area contributed by atoms with E-state index in [1.807, 2.05) is 13.8 Å². The van der Waals surface area contributed by atoms with Crippen LogP contribution in [-0.2, 0) is 14.6 Å². The van der Waals surface area contributed by atoms with Gasteiger partial charge < -0.3 is 10.2 Å². The van der Waals surface area contributed by atoms with Crippen molar-refractivity contribution in [3.05, 3.63) is 0 Å². The third-order valence-electron chi connectivity index (χ3n) is 3.23. The van der Waals surface area contributed by atoms with Gasteiger partial charge in [0, 0.05) is 0 Å². The van der Waals surface area contributed by atoms with Gasteiger partial charge in [-0.25, -0.2) is 14.6 Å². The third-order valence-corrected chi connectivity index (χ3v) is 3.23. The maximum absolute atomic E-state index is 11.4. The standard InChI is InChI=1S/C13H26O5/c1-5-7-10(3)13(6-2,12(15)16)18-17-9-8-11(4)14/h10-11,14H,5-9H2,1-4H3,(H,15,16). The lowest BCUT2D eigenvalue weighted by Crippen LogP contribution is -2.47. The number of carbonyl (C=O) groups is 1. The molecule has 3 atom stereocenters. The smallest absolute Gasteiger partial charge is 0.339 e. The number of rotatable bonds is 10. The average molecular weight is 262 g/mol. The van der Waals surface area contributed by atoms with Crippen LogP contribution in [0.15, 0.2) is 0 Å². The predicted molar refractivity (Wildman–Crippen MR) is 68.1 cm³/mol. The molecule has 0 rings (SSSR count). The van der Waals surface area contributed by atoms with E-state index < -0.39 is 17.7 Å². The minimum atomic E-state index is -1.30. The Bertz CT molecular complexity index is 242. The summed E-state index contributed by atoms with van der Waals surface area (Å²) in [7, 11) is 0. The lowest BCUT2D eigenvalue weighted by atomic mass is 9.83. The zero-order chi connectivity index (χ0) is 14.2. The lowest BCUT2D eigenvalue weighted by Gasteiger charge is -2.32. The van der Waals surface area contributed by atoms with Crippen LogP contribution in [0.1, 0.15) is 53.4 Å². The van der Waals surface area contributed by atoms with Crippen molar-refractivity contribution in [1.82, 2.24) is 0 Å². The molecule has 0 aromatic carbocycles. The zero-order valence-corrected chi connectivity index (χ0v) is 11.8. The Hall–Kier alpha value is -0.650. The first kappa shape index (κ1) is 17.4. The summed E-state index contributed by atoms with van der Waals surface area (Å²) in [6, 6.07) is 0. The molecule has 2 N–H and O–H groups in total. The summed E-state index contributed by atoms with van der Waals surface area (Å²) < 4.78 is 0. The second-order valence-corrected chi connectivity index (χ2v) is 4.78. The topological polar surface area (TPSA) is 76.0 Å². The molecule has 0 amide bonds. The molecular weight excluding hydrogens is 236 g/mol. The second kappa shape index (κ2) is 8.45. The maximum atomic E-state index is 11.4. The molecule has 3 unspecified atom stereocenters. The van der Waals surface area contributed by atoms with Crippen molar-refractivity contribution >= 4 is 5.97 Å². The first-order chi connectivity index (χ1) is 8.40. The van der Waals surface area contributed by atoms with E-state index in [9.17, 15) is 9.90 Å². The van der Waals surface area contributed by atoms with E-state index in [1.54, 1.807) is 13.8 Å². The fourth-order valence-electron chi connectivity index (χ4n) is 1.92. The average Bonchev–Trinajstić information content (AvgIpc) is 2.29. The van der Waals surface area contributed by atoms with Crippen molar-refractivity contribution in [2.45, 2.75) is 65.1 Å². The molecule has 0 aromatic heterocycles. The first-order valence-corrected chi connectivity index (χ1v) is 6.62. The van der Waals surface area contributed by atoms with Crippen LogP contribution in [0.5, 0.6) is 0 Å². The lowest BCUT2D eigenvalue weighted by molar-refractivity contribution is -0.366. The number of carboxylic acid groups (broad SMARTS) is 1. The second-order valence-electron chi connectivity index (χ2n) is 4.78. The summed E-state index contributed by atoms with van der Waals surface area (Å²) in [4.78, 5) is 21.6. The van der Waals surface area contributed by atoms with Crippen LogP contribution in [0.4, 0.5) is 0 Å². The molecule has 0 fully saturated rings. The molecule has 0 bridgehead atoms. The minimum Gasteiger partial charge on any atom is -0.479 e. The van der Waals surface area contributed by atoms with Crippen molar-refractivity contribution < 1.29 is 24.8 Å². The van der Waals surface area contributed by atoms with Gasteiger partial charge in [-0.1, -0.05) is 27.2 Å². The Balaban J connectivity index is 4.51. The van der Waals surface area contributed by atoms with Gasteiger partial charge in [0.05, 0.1) is 12.7 Å². The van der Waals surface area contributed by atoms with Crippen LogP contribution >= 0.6 is 0 Å². The Morgan fingerprint density at radius 1 is 1.28 bits per heavy atom. The molecule has 0 saturated heterocycles. The van der Waals surface area contributed by atoms with Crippen LogP contribution in [-0.4, -0.2) is 34.5 Å². The van der Waals surface area contributed by atoms with Gasteiger partial charge in [-0.15, -0.1) is 0 Å². The number of hydrogen-bond donors (Lipinski definition) is 2. The predicted octanol–water partition coefficient (Wildman–Crippen LogP) is 2.38. The Morgan fingerprint density at radius 3 is 2.28 bits per heavy atom. The van der Waals surface area contributed by atoms with Gasteiger partial charge >= 0.3 is 5.97 Å². The third kappa shape index (κ3) is 4.92. The van der Waals surface area contributed by atoms with E-state index in [1.165, 1.54) is 0 Å². The van der Waals surface area contributed by atoms with Gasteiger partial charge in [-0.05, 0) is 32.1 Å². The molecule has 0 aliphatic carbocycles. The van der Waals surface area contributed by atoms with Crippen molar-refractivity contribution in [2.75, 3.05) is 6.61 Å². The quantitative estimate of drug-likeness (QED) is 0.359. The molecular formula is C13H26O5. The van der Waals surface area contributed by atoms with Crippen molar-refractivity contribution in [1.29, 1.82) is 0 Å². The molecule has 0 radical (unpaired) electrons. The van der Waals surface area contributed by atoms with Gasteiger partial charge in [0.2, 0.25) is 5.60 Å². The summed E-state index contributed by atoms with van der Waals surface area (Å²) >= 11 is 0. The summed E-state index contributed by atoms with van der Waals surface area (Å²) in [5.74, 6) is -1.13. The molecule has 0 aromatic rings. The van der Waals surface area contributed by atoms with E-state index in [-0.39, 0.29) is 12.5 Å². The van der Waals surface area contributed by atoms with E-state index in [0.29, 0.717) is 12.8 Å². The molecule has 0 saturated carbocycles. The van der Waals surface area contributed by atoms with Gasteiger partial charge in [0.25, 0.3) is 0 Å². The highest BCUT2D eigenvalue weighted by molar-refractivity contribution is 5.77. The molecule has 5 nitrogen and oxygen atoms in total. The van der Waals surface area contributed by atoms with Crippen LogP contribution in [0.25, 0.3) is 0 Å². The monoisotopic (exact) mass is 262 g/mol. The van der Waals surface area contributed by atoms with Crippen LogP contribution in [0.2, 0.25) is 0 Å². The Morgan fingerprint density at radius 2 is 1.89 bits per heavy atom. The first-order valence-electron chi connectivity index (χ1n) is 6.62. The highest BCUT2D eigenvalue weighted by Gasteiger charge is 2.44. The zero-order valence-electron chi connectivity index (χ0n) is 11.8. The maximum Gasteiger partial charge on any atom is 0.339 e. The number of carboxylic acids is 1. The number of aliphatic hydroxyl groups is 1. The van der Waals surface area contributed by atoms with Crippen LogP contribution < -0.4 is 0 Å². The summed E-state index contributed by atoms with van der Waals surface area (Å²) in [6.45, 7) is 7.48. The van der Waals surface area contributed by atoms with Crippen molar-refractivity contribution in [3.63, 3.8) is 0 Å². The normalized spacial score (nSPS) is 18.1. The fraction of sp³-hybridized carbons (Fsp3) is 0.923. The molecule has 18 heavy (non-hydrogen) atoms. The van der Waals surface area contributed by atoms with E-state index in [4.69, 9.17) is 14.9 Å². The van der Waals surface area contributed by atoms with E-state index in [2.05, 4.69) is 0 Å². The largest absolute Gasteiger partial charge is 0.479 e. The molecule has 0 aliphatic heterocycles. The van der Waals surface area contributed by atoms with Crippen molar-refractivity contribution in [2.24, 2.45) is 5.92 Å². The fourth-order valence-corrected chi connectivity index (χ4v) is 1.92. The van der Waals surface area contributed by atoms with Crippen molar-refractivity contribution in [3.8, 4) is 0 Å². The molecule has 0 aliphatic rings. The number of aliphatic hydroxyl groups excluding tert-OH is 1. The molecule has 0 spiro atoms. The van der Waals surface area contributed by atoms with Crippen LogP contribution in [0, 0.1) is 5.92 Å². The molecule has 108 valence electrons. The van der Waals surface area contributed by atoms with Gasteiger partial charge in [0.15, 0.2) is 0 Å². The SMILES string of the molecule is CCCC(C)C(CC)(OOCCC(C)O)C(=O)O. The molecule has 0 heterocycles. The highest BCUT2D eigenvalue weighted by atomic mass is 17.2. The van der Waals surface area contributed by atoms with E-state index in [0.717, 1.165) is 12.8 Å². The summed E-state index contributed by atoms with van der Waals surface area (Å²) in [5, 5.41) is 18.5. The summed E-state index contributed by atoms with van der Waals surface area (Å²) in [6.07, 6.45) is 1.94. The van der Waals surface area contributed by atoms with Gasteiger partial charge in [-0.2, -0.15) is 0 Å². The Kier molecular flexibility index (Phi) is 8.15. The highest BCUT2D eigenvalue weighted by Crippen LogP contribution is 2.30. The van der Waals surface area contributed by atoms with E-state index >= 15 is 0 Å². The summed E-state index contributed by atoms with van der Waals surface area (Å²) in [5.41, 5.74) is -1.30. The molecule has 5 heteroatoms. The van der Waals surface area contributed by atoms with Gasteiger partial charge in [0.1, 0.15) is 0 Å². The van der Waals surface area contributed by atoms with Crippen LogP contribution in [0.3, 0.4) is 0 Å². The minimum absolute atomic E-state index is 0.128. The number of aliphatic carboxylic acids is 1. The Labute approximate surface area is 109 Å².